The minimum absolute atomic E-state index is 0.0231. The van der Waals surface area contributed by atoms with Gasteiger partial charge in [-0.15, -0.1) is 51.4 Å². The second-order valence-corrected chi connectivity index (χ2v) is 43.3. The molecular formula is C90H151N6O17. The van der Waals surface area contributed by atoms with E-state index in [-0.39, 0.29) is 109 Å². The van der Waals surface area contributed by atoms with Crippen molar-refractivity contribution in [2.75, 3.05) is 0 Å². The van der Waals surface area contributed by atoms with Gasteiger partial charge in [-0.3, -0.25) is 28.8 Å². The van der Waals surface area contributed by atoms with E-state index < -0.39 is 155 Å². The average Bonchev–Trinajstić information content (AvgIpc) is 0.767. The maximum atomic E-state index is 15.8. The first-order valence-corrected chi connectivity index (χ1v) is 43.2. The first-order chi connectivity index (χ1) is 51.7. The number of benzene rings is 1. The molecule has 6 heterocycles. The number of ether oxygens (including phenoxy) is 6. The third-order valence-electron chi connectivity index (χ3n) is 26.2. The zero-order valence-corrected chi connectivity index (χ0v) is 75.1. The van der Waals surface area contributed by atoms with E-state index in [0.29, 0.717) is 83.5 Å². The van der Waals surface area contributed by atoms with Crippen LogP contribution in [0.1, 0.15) is 377 Å². The summed E-state index contributed by atoms with van der Waals surface area (Å²) in [6.45, 7) is 51.0. The van der Waals surface area contributed by atoms with Gasteiger partial charge in [-0.25, -0.2) is 0 Å². The highest BCUT2D eigenvalue weighted by atomic mass is 16.6. The van der Waals surface area contributed by atoms with E-state index in [0.717, 1.165) is 42.0 Å². The number of unbranched alkanes of at least 4 members (excludes halogenated alkanes) is 3. The minimum atomic E-state index is -1.80. The number of carbonyl (C=O) groups excluding carboxylic acids is 6. The lowest BCUT2D eigenvalue weighted by atomic mass is 9.75. The van der Waals surface area contributed by atoms with Gasteiger partial charge in [0.05, 0.1) is 0 Å². The molecule has 0 aromatic heterocycles. The lowest BCUT2D eigenvalue weighted by Gasteiger charge is -2.50. The molecule has 0 spiro atoms. The van der Waals surface area contributed by atoms with E-state index >= 15 is 28.8 Å². The smallest absolute Gasteiger partial charge is 0.323 e. The third-order valence-corrected chi connectivity index (χ3v) is 26.2. The Labute approximate surface area is 680 Å². The molecule has 0 bridgehead atoms. The number of rotatable bonds is 33. The minimum Gasteiger partial charge on any atom is -0.461 e. The van der Waals surface area contributed by atoms with Crippen molar-refractivity contribution in [2.24, 2.45) is 16.2 Å². The quantitative estimate of drug-likeness (QED) is 0.0389. The second kappa shape index (κ2) is 35.5. The van der Waals surface area contributed by atoms with Crippen molar-refractivity contribution in [3.8, 4) is 0 Å². The van der Waals surface area contributed by atoms with Crippen molar-refractivity contribution in [3.63, 3.8) is 0 Å². The largest absolute Gasteiger partial charge is 0.461 e. The zero-order valence-electron chi connectivity index (χ0n) is 75.1. The molecule has 23 nitrogen and oxygen atoms in total. The van der Waals surface area contributed by atoms with Gasteiger partial charge in [0.2, 0.25) is 0 Å². The fourth-order valence-electron chi connectivity index (χ4n) is 21.5. The molecular weight excluding hydrogens is 1440 g/mol. The second-order valence-electron chi connectivity index (χ2n) is 43.3. The van der Waals surface area contributed by atoms with Gasteiger partial charge in [0.15, 0.2) is 16.2 Å². The molecule has 0 amide bonds. The molecule has 1 N–H and O–H groups in total. The van der Waals surface area contributed by atoms with Crippen LogP contribution in [0.15, 0.2) is 18.2 Å². The van der Waals surface area contributed by atoms with E-state index in [4.69, 9.17) is 28.4 Å². The lowest BCUT2D eigenvalue weighted by Crippen LogP contribution is -2.61. The van der Waals surface area contributed by atoms with E-state index in [1.165, 1.54) is 0 Å². The van der Waals surface area contributed by atoms with Crippen LogP contribution in [0.5, 0.6) is 0 Å². The normalized spacial score (nSPS) is 24.8. The number of aryl methyl sites for hydroxylation is 3. The van der Waals surface area contributed by atoms with Crippen LogP contribution in [0.3, 0.4) is 0 Å². The predicted molar refractivity (Wildman–Crippen MR) is 431 cm³/mol. The van der Waals surface area contributed by atoms with E-state index in [2.05, 4.69) is 39.1 Å². The van der Waals surface area contributed by atoms with Crippen molar-refractivity contribution in [2.45, 2.75) is 483 Å². The summed E-state index contributed by atoms with van der Waals surface area (Å²) in [4.78, 5) is 94.1. The highest BCUT2D eigenvalue weighted by Crippen LogP contribution is 2.49. The maximum Gasteiger partial charge on any atom is 0.323 e. The van der Waals surface area contributed by atoms with Crippen molar-refractivity contribution < 1.29 is 83.2 Å². The van der Waals surface area contributed by atoms with E-state index in [9.17, 15) is 26.0 Å². The average molecular weight is 1590 g/mol. The van der Waals surface area contributed by atoms with Crippen molar-refractivity contribution in [1.29, 1.82) is 0 Å². The van der Waals surface area contributed by atoms with Crippen LogP contribution in [-0.4, -0.2) is 164 Å². The number of esters is 6. The lowest BCUT2D eigenvalue weighted by molar-refractivity contribution is -0.301. The monoisotopic (exact) mass is 1590 g/mol. The SMILES string of the molecule is CCCCC(CCCc1cc(CCCC(CCCC)(C(=O)OC2CC(C)(C)N([O])C(C)(C)C2)C(=O)OC2CC(C)(C)N([O])C(C)(C)C2)ccc1CCCC(CCCC)(C(=O)OC1CC(C)(C)N([O])C(C)(C)C1)C(=O)OC1CC(C)(C)N([O])C(C)(C)C1)(C(=O)OC1CC(C)(C)NC(C)(C)C1)C(=O)OC1CC(C)(C)N([O])C(C)(C)C1. The Kier molecular flexibility index (Phi) is 30.1. The Morgan fingerprint density at radius 3 is 0.717 bits per heavy atom. The van der Waals surface area contributed by atoms with Crippen molar-refractivity contribution in [1.82, 2.24) is 30.6 Å². The summed E-state index contributed by atoms with van der Waals surface area (Å²) in [6.07, 6.45) is 5.29. The zero-order chi connectivity index (χ0) is 85.3. The molecule has 1 atom stereocenters. The van der Waals surface area contributed by atoms with Crippen molar-refractivity contribution >= 4 is 35.8 Å². The Balaban J connectivity index is 1.33. The molecule has 6 fully saturated rings. The number of hydrogen-bond donors (Lipinski definition) is 1. The van der Waals surface area contributed by atoms with Gasteiger partial charge < -0.3 is 33.7 Å². The van der Waals surface area contributed by atoms with Crippen LogP contribution in [-0.2, 0) is 102 Å². The molecule has 643 valence electrons. The van der Waals surface area contributed by atoms with Gasteiger partial charge in [-0.1, -0.05) is 77.5 Å². The molecule has 6 saturated heterocycles. The summed E-state index contributed by atoms with van der Waals surface area (Å²) in [5.74, 6) is -4.15. The van der Waals surface area contributed by atoms with E-state index in [1.54, 1.807) is 0 Å². The van der Waals surface area contributed by atoms with Gasteiger partial charge >= 0.3 is 35.8 Å². The topological polar surface area (TPSA) is 286 Å². The standard InChI is InChI=1S/C90H151N6O17/c1-28-31-42-88(71(98)109-65-51-78(8,9)92(103)79(10,11)52-65,72(99)110-66-53-80(12,13)93(104)81(14,15)54-66)45-34-37-61-40-41-62(38-35-46-89(43-32-29-2,73(100)111-67-55-82(16,17)94(105)83(18,19)56-67)74(101)112-68-57-84(20,21)95(106)85(22,23)58-68)63(48-61)39-36-47-90(44-33-30-3,70(97)108-64-49-76(4,5)91-77(6,7)50-64)75(102)113-69-59-86(24,25)96(107)87(26,27)60-69/h40-41,48,64-69,91H,28-39,42-47,49-60H2,1-27H3. The summed E-state index contributed by atoms with van der Waals surface area (Å²) in [5, 5.41) is 77.6. The molecule has 5 radical (unpaired) electrons. The first kappa shape index (κ1) is 95.7. The summed E-state index contributed by atoms with van der Waals surface area (Å²) in [5.41, 5.74) is -12.5. The maximum absolute atomic E-state index is 15.8. The van der Waals surface area contributed by atoms with Crippen molar-refractivity contribution in [3.05, 3.63) is 34.9 Å². The van der Waals surface area contributed by atoms with Crippen LogP contribution in [0.4, 0.5) is 0 Å². The molecule has 113 heavy (non-hydrogen) atoms. The third kappa shape index (κ3) is 22.6. The molecule has 7 rings (SSSR count). The summed E-state index contributed by atoms with van der Waals surface area (Å²) < 4.78 is 39.7. The fraction of sp³-hybridized carbons (Fsp3) is 0.867. The highest BCUT2D eigenvalue weighted by molar-refractivity contribution is 6.01. The number of nitrogens with one attached hydrogen (secondary N) is 1. The fourth-order valence-corrected chi connectivity index (χ4v) is 21.5. The van der Waals surface area contributed by atoms with Gasteiger partial charge in [0.25, 0.3) is 0 Å². The molecule has 0 aliphatic carbocycles. The summed E-state index contributed by atoms with van der Waals surface area (Å²) in [6, 6.07) is 6.17. The van der Waals surface area contributed by atoms with Gasteiger partial charge in [0, 0.05) is 144 Å². The number of hydroxylamine groups is 10. The molecule has 1 aromatic rings. The Morgan fingerprint density at radius 1 is 0.301 bits per heavy atom. The number of nitrogens with zero attached hydrogens (tertiary/aromatic N) is 5. The number of piperidine rings is 6. The van der Waals surface area contributed by atoms with Crippen LogP contribution in [0.25, 0.3) is 0 Å². The van der Waals surface area contributed by atoms with Crippen LogP contribution >= 0.6 is 0 Å². The molecule has 1 unspecified atom stereocenters. The van der Waals surface area contributed by atoms with Crippen LogP contribution < -0.4 is 5.32 Å². The van der Waals surface area contributed by atoms with Gasteiger partial charge in [-0.2, -0.15) is 0 Å². The number of carbonyl (C=O) groups is 6. The highest BCUT2D eigenvalue weighted by Gasteiger charge is 2.59. The predicted octanol–water partition coefficient (Wildman–Crippen LogP) is 17.6. The molecule has 1 aromatic carbocycles. The van der Waals surface area contributed by atoms with E-state index in [1.807, 2.05) is 171 Å². The molecule has 6 aliphatic rings. The van der Waals surface area contributed by atoms with Crippen LogP contribution in [0, 0.1) is 16.2 Å². The molecule has 23 heteroatoms. The first-order valence-electron chi connectivity index (χ1n) is 43.2. The van der Waals surface area contributed by atoms with Gasteiger partial charge in [0.1, 0.15) is 36.6 Å². The Hall–Kier alpha value is -4.40. The molecule has 6 aliphatic heterocycles. The summed E-state index contributed by atoms with van der Waals surface area (Å²) in [7, 11) is 0. The van der Waals surface area contributed by atoms with Crippen LogP contribution in [0.2, 0.25) is 0 Å². The Bertz CT molecular complexity index is 3230. The molecule has 0 saturated carbocycles. The van der Waals surface area contributed by atoms with Gasteiger partial charge in [-0.05, 0) is 260 Å². The summed E-state index contributed by atoms with van der Waals surface area (Å²) >= 11 is 0. The Morgan fingerprint density at radius 2 is 0.496 bits per heavy atom. The number of hydrogen-bond acceptors (Lipinski definition) is 18.